The Morgan fingerprint density at radius 1 is 1.15 bits per heavy atom. The van der Waals surface area contributed by atoms with E-state index >= 15 is 0 Å². The molecule has 19 heteroatoms. The Kier molecular flexibility index (Phi) is 9.85. The minimum Gasteiger partial charge on any atom is -0.790 e. The SMILES string of the molecule is CNc1nc(C)nc2c1ncn2[C@H]1C[C@H](OP(=O)([O-])[O-])[C@@]2(COP(=O)([O-])[O-])C[C@H]12.[NH4+].[NH4+].[NH4+].[NH4+]. The Bertz CT molecular complexity index is 1060. The maximum absolute atomic E-state index is 11.2. The number of fused-ring (bicyclic) bond motifs is 2. The first-order valence-electron chi connectivity index (χ1n) is 8.69. The Labute approximate surface area is 189 Å². The molecule has 0 aromatic carbocycles. The van der Waals surface area contributed by atoms with Crippen LogP contribution in [0.4, 0.5) is 5.82 Å². The van der Waals surface area contributed by atoms with E-state index in [1.807, 2.05) is 0 Å². The van der Waals surface area contributed by atoms with E-state index in [-0.39, 0.29) is 43.0 Å². The standard InChI is InChI=1S/C14H21N5O8P2.4H3N/c1-7-17-12(15-2)11-13(18-7)19(6-16-11)9-3-10(27-29(23,24)25)14(4-8(9)14)5-26-28(20,21)22;;;;/h6,8-10H,3-5H2,1-2H3,(H,15,17,18)(H2,20,21,22)(H2,23,24,25);4*1H3/t8-,9+,10+,14-;;;;/m1..../s1. The predicted octanol–water partition coefficient (Wildman–Crippen LogP) is -0.308. The molecule has 0 radical (unpaired) electrons. The van der Waals surface area contributed by atoms with Gasteiger partial charge in [-0.05, 0) is 25.7 Å². The molecule has 2 aliphatic rings. The van der Waals surface area contributed by atoms with Crippen molar-refractivity contribution in [2.75, 3.05) is 19.0 Å². The summed E-state index contributed by atoms with van der Waals surface area (Å²) < 4.78 is 33.0. The van der Waals surface area contributed by atoms with E-state index in [9.17, 15) is 28.7 Å². The summed E-state index contributed by atoms with van der Waals surface area (Å²) in [4.78, 5) is 57.3. The van der Waals surface area contributed by atoms with Crippen LogP contribution >= 0.6 is 15.6 Å². The normalized spacial score (nSPS) is 25.7. The largest absolute Gasteiger partial charge is 0.790 e. The highest BCUT2D eigenvalue weighted by molar-refractivity contribution is 7.43. The Balaban J connectivity index is 0.00000256. The molecule has 17 N–H and O–H groups in total. The van der Waals surface area contributed by atoms with Crippen LogP contribution in [0.2, 0.25) is 0 Å². The molecular formula is C14H33N9O8P2. The molecule has 2 aromatic rings. The van der Waals surface area contributed by atoms with E-state index in [4.69, 9.17) is 4.52 Å². The van der Waals surface area contributed by atoms with Gasteiger partial charge < -0.3 is 72.2 Å². The van der Waals surface area contributed by atoms with Crippen LogP contribution in [-0.2, 0) is 18.2 Å². The van der Waals surface area contributed by atoms with Gasteiger partial charge in [-0.15, -0.1) is 0 Å². The molecule has 0 bridgehead atoms. The van der Waals surface area contributed by atoms with Gasteiger partial charge in [-0.3, -0.25) is 0 Å². The molecule has 0 amide bonds. The highest BCUT2D eigenvalue weighted by atomic mass is 31.2. The van der Waals surface area contributed by atoms with E-state index in [0.29, 0.717) is 29.2 Å². The first-order chi connectivity index (χ1) is 13.4. The van der Waals surface area contributed by atoms with Gasteiger partial charge in [0.2, 0.25) is 0 Å². The third-order valence-corrected chi connectivity index (χ3v) is 6.57. The van der Waals surface area contributed by atoms with Crippen molar-refractivity contribution in [1.29, 1.82) is 0 Å². The highest BCUT2D eigenvalue weighted by Gasteiger charge is 2.68. The molecule has 0 saturated heterocycles. The predicted molar refractivity (Wildman–Crippen MR) is 114 cm³/mol. The fraction of sp³-hybridized carbons (Fsp3) is 0.643. The van der Waals surface area contributed by atoms with Gasteiger partial charge in [0.05, 0.1) is 34.7 Å². The second kappa shape index (κ2) is 10.4. The summed E-state index contributed by atoms with van der Waals surface area (Å²) >= 11 is 0. The van der Waals surface area contributed by atoms with Gasteiger partial charge in [0.1, 0.15) is 11.3 Å². The van der Waals surface area contributed by atoms with Crippen molar-refractivity contribution in [3.8, 4) is 0 Å². The van der Waals surface area contributed by atoms with Gasteiger partial charge >= 0.3 is 0 Å². The number of nitrogens with one attached hydrogen (secondary N) is 1. The number of nitrogens with zero attached hydrogens (tertiary/aromatic N) is 4. The lowest BCUT2D eigenvalue weighted by Crippen LogP contribution is -2.32. The molecule has 192 valence electrons. The van der Waals surface area contributed by atoms with E-state index in [2.05, 4.69) is 24.8 Å². The minimum atomic E-state index is -5.35. The molecule has 4 atom stereocenters. The van der Waals surface area contributed by atoms with Crippen molar-refractivity contribution in [3.05, 3.63) is 12.2 Å². The number of hydrogen-bond acceptors (Lipinski definition) is 12. The van der Waals surface area contributed by atoms with Crippen LogP contribution in [0.15, 0.2) is 6.33 Å². The number of quaternary nitrogens is 4. The number of imidazole rings is 1. The maximum Gasteiger partial charge on any atom is 0.166 e. The summed E-state index contributed by atoms with van der Waals surface area (Å²) in [5.74, 6) is 0.725. The zero-order valence-corrected chi connectivity index (χ0v) is 21.2. The van der Waals surface area contributed by atoms with Gasteiger partial charge in [0, 0.05) is 18.5 Å². The average molecular weight is 517 g/mol. The van der Waals surface area contributed by atoms with Crippen molar-refractivity contribution in [2.24, 2.45) is 11.3 Å². The number of rotatable bonds is 7. The lowest BCUT2D eigenvalue weighted by molar-refractivity contribution is -0.347. The lowest BCUT2D eigenvalue weighted by atomic mass is 10.0. The number of aromatic nitrogens is 4. The fourth-order valence-electron chi connectivity index (χ4n) is 4.37. The topological polar surface area (TPSA) is 346 Å². The number of anilines is 1. The molecule has 33 heavy (non-hydrogen) atoms. The van der Waals surface area contributed by atoms with Crippen LogP contribution < -0.4 is 49.5 Å². The van der Waals surface area contributed by atoms with Gasteiger partial charge in [-0.1, -0.05) is 0 Å². The highest BCUT2D eigenvalue weighted by Crippen LogP contribution is 2.70. The zero-order chi connectivity index (χ0) is 21.2. The Hall–Kier alpha value is -1.59. The number of phosphoric ester groups is 2. The second-order valence-electron chi connectivity index (χ2n) is 7.30. The van der Waals surface area contributed by atoms with E-state index < -0.39 is 33.8 Å². The third kappa shape index (κ3) is 5.92. The minimum absolute atomic E-state index is 0. The van der Waals surface area contributed by atoms with E-state index in [1.165, 1.54) is 6.33 Å². The number of hydrogen-bond donors (Lipinski definition) is 5. The fourth-order valence-corrected chi connectivity index (χ4v) is 5.38. The molecule has 4 rings (SSSR count). The van der Waals surface area contributed by atoms with E-state index in [0.717, 1.165) is 0 Å². The molecule has 2 aliphatic carbocycles. The van der Waals surface area contributed by atoms with Gasteiger partial charge in [-0.25, -0.2) is 15.0 Å². The summed E-state index contributed by atoms with van der Waals surface area (Å²) in [5, 5.41) is 2.93. The number of phosphoric acid groups is 2. The van der Waals surface area contributed by atoms with Crippen molar-refractivity contribution in [2.45, 2.75) is 31.9 Å². The van der Waals surface area contributed by atoms with Crippen LogP contribution in [-0.4, -0.2) is 39.3 Å². The molecule has 0 unspecified atom stereocenters. The molecule has 0 spiro atoms. The first-order valence-corrected chi connectivity index (χ1v) is 11.6. The van der Waals surface area contributed by atoms with Gasteiger partial charge in [-0.2, -0.15) is 0 Å². The first kappa shape index (κ1) is 31.4. The van der Waals surface area contributed by atoms with Crippen LogP contribution in [0.3, 0.4) is 0 Å². The van der Waals surface area contributed by atoms with Crippen molar-refractivity contribution in [3.63, 3.8) is 0 Å². The summed E-state index contributed by atoms with van der Waals surface area (Å²) in [7, 11) is -8.94. The van der Waals surface area contributed by atoms with Crippen LogP contribution in [0, 0.1) is 18.3 Å². The van der Waals surface area contributed by atoms with E-state index in [1.54, 1.807) is 18.5 Å². The maximum atomic E-state index is 11.2. The smallest absolute Gasteiger partial charge is 0.166 e. The summed E-state index contributed by atoms with van der Waals surface area (Å²) in [6.07, 6.45) is 0.823. The molecule has 17 nitrogen and oxygen atoms in total. The van der Waals surface area contributed by atoms with Crippen molar-refractivity contribution < 1.29 is 37.8 Å². The number of aryl methyl sites for hydroxylation is 1. The van der Waals surface area contributed by atoms with Crippen LogP contribution in [0.25, 0.3) is 11.2 Å². The Morgan fingerprint density at radius 3 is 2.33 bits per heavy atom. The van der Waals surface area contributed by atoms with Crippen LogP contribution in [0.1, 0.15) is 24.7 Å². The van der Waals surface area contributed by atoms with Crippen molar-refractivity contribution in [1.82, 2.24) is 44.1 Å². The monoisotopic (exact) mass is 517 g/mol. The molecular weight excluding hydrogens is 484 g/mol. The average Bonchev–Trinajstić information content (AvgIpc) is 3.07. The summed E-state index contributed by atoms with van der Waals surface area (Å²) in [6.45, 7) is 1.16. The molecule has 0 aliphatic heterocycles. The summed E-state index contributed by atoms with van der Waals surface area (Å²) in [6, 6.07) is -0.378. The molecule has 2 fully saturated rings. The van der Waals surface area contributed by atoms with Gasteiger partial charge in [0.25, 0.3) is 0 Å². The molecule has 2 heterocycles. The molecule has 2 aromatic heterocycles. The molecule has 2 saturated carbocycles. The quantitative estimate of drug-likeness (QED) is 0.295. The lowest BCUT2D eigenvalue weighted by Gasteiger charge is -2.37. The zero-order valence-electron chi connectivity index (χ0n) is 19.4. The second-order valence-corrected chi connectivity index (χ2v) is 9.56. The van der Waals surface area contributed by atoms with Crippen LogP contribution in [0.5, 0.6) is 0 Å². The summed E-state index contributed by atoms with van der Waals surface area (Å²) in [5.41, 5.74) is -0.0590. The van der Waals surface area contributed by atoms with Gasteiger partial charge in [0.15, 0.2) is 11.5 Å². The third-order valence-electron chi connectivity index (χ3n) is 5.61. The Morgan fingerprint density at radius 2 is 1.79 bits per heavy atom. The van der Waals surface area contributed by atoms with Crippen molar-refractivity contribution >= 4 is 32.6 Å².